The summed E-state index contributed by atoms with van der Waals surface area (Å²) in [5, 5.41) is 10.4. The van der Waals surface area contributed by atoms with Gasteiger partial charge in [0.15, 0.2) is 10.8 Å². The first-order chi connectivity index (χ1) is 16.1. The van der Waals surface area contributed by atoms with Crippen LogP contribution in [0, 0.1) is 0 Å². The van der Waals surface area contributed by atoms with E-state index in [9.17, 15) is 9.59 Å². The van der Waals surface area contributed by atoms with Gasteiger partial charge >= 0.3 is 0 Å². The molecule has 0 bridgehead atoms. The second-order valence-electron chi connectivity index (χ2n) is 7.68. The number of hydrogen-bond acceptors (Lipinski definition) is 5. The number of nitrogens with zero attached hydrogens (tertiary/aromatic N) is 3. The summed E-state index contributed by atoms with van der Waals surface area (Å²) in [7, 11) is 0. The Morgan fingerprint density at radius 3 is 2.64 bits per heavy atom. The summed E-state index contributed by atoms with van der Waals surface area (Å²) >= 11 is 1.18. The van der Waals surface area contributed by atoms with E-state index in [0.717, 1.165) is 22.0 Å². The van der Waals surface area contributed by atoms with Gasteiger partial charge in [0.1, 0.15) is 5.39 Å². The first kappa shape index (κ1) is 21.0. The molecule has 5 aromatic rings. The predicted molar refractivity (Wildman–Crippen MR) is 131 cm³/mol. The van der Waals surface area contributed by atoms with Gasteiger partial charge in [-0.1, -0.05) is 66.4 Å². The second kappa shape index (κ2) is 8.91. The topological polar surface area (TPSA) is 92.7 Å². The van der Waals surface area contributed by atoms with Crippen molar-refractivity contribution in [1.82, 2.24) is 25.1 Å². The number of fused-ring (bicyclic) bond motifs is 2. The number of para-hydroxylation sites is 1. The lowest BCUT2D eigenvalue weighted by atomic mass is 10.0. The molecule has 1 amide bonds. The molecule has 7 nitrogen and oxygen atoms in total. The first-order valence-electron chi connectivity index (χ1n) is 10.5. The minimum atomic E-state index is -0.283. The average molecular weight is 456 g/mol. The van der Waals surface area contributed by atoms with Gasteiger partial charge in [0.25, 0.3) is 5.56 Å². The van der Waals surface area contributed by atoms with Crippen LogP contribution in [0.4, 0.5) is 0 Å². The monoisotopic (exact) mass is 455 g/mol. The van der Waals surface area contributed by atoms with Crippen LogP contribution < -0.4 is 10.9 Å². The van der Waals surface area contributed by atoms with Crippen molar-refractivity contribution in [3.63, 3.8) is 0 Å². The zero-order valence-corrected chi connectivity index (χ0v) is 18.7. The van der Waals surface area contributed by atoms with E-state index in [1.54, 1.807) is 4.68 Å². The molecule has 33 heavy (non-hydrogen) atoms. The second-order valence-corrected chi connectivity index (χ2v) is 8.65. The normalized spacial score (nSPS) is 12.2. The van der Waals surface area contributed by atoms with Gasteiger partial charge in [0.2, 0.25) is 5.91 Å². The smallest absolute Gasteiger partial charge is 0.262 e. The molecule has 2 aromatic heterocycles. The van der Waals surface area contributed by atoms with Crippen LogP contribution in [0.1, 0.15) is 18.5 Å². The lowest BCUT2D eigenvalue weighted by Crippen LogP contribution is -2.28. The SMILES string of the molecule is C[C@H](NC(=O)CSc1nc2c(cnn2-c2ccccc2)c(=O)[nH]1)c1ccc2ccccc2c1. The van der Waals surface area contributed by atoms with Crippen molar-refractivity contribution < 1.29 is 4.79 Å². The Kier molecular flexibility index (Phi) is 5.66. The molecule has 8 heteroatoms. The zero-order valence-electron chi connectivity index (χ0n) is 17.9. The zero-order chi connectivity index (χ0) is 22.8. The summed E-state index contributed by atoms with van der Waals surface area (Å²) in [6, 6.07) is 23.6. The van der Waals surface area contributed by atoms with Crippen LogP contribution in [-0.2, 0) is 4.79 Å². The van der Waals surface area contributed by atoms with E-state index < -0.39 is 0 Å². The Hall–Kier alpha value is -3.91. The van der Waals surface area contributed by atoms with E-state index >= 15 is 0 Å². The Balaban J connectivity index is 1.29. The number of aromatic nitrogens is 4. The molecule has 0 radical (unpaired) electrons. The number of aromatic amines is 1. The number of thioether (sulfide) groups is 1. The number of rotatable bonds is 6. The quantitative estimate of drug-likeness (QED) is 0.295. The Labute approximate surface area is 193 Å². The maximum absolute atomic E-state index is 12.6. The van der Waals surface area contributed by atoms with Crippen molar-refractivity contribution in [2.45, 2.75) is 18.1 Å². The molecule has 0 fully saturated rings. The largest absolute Gasteiger partial charge is 0.349 e. The summed E-state index contributed by atoms with van der Waals surface area (Å²) in [5.41, 5.74) is 2.02. The number of nitrogens with one attached hydrogen (secondary N) is 2. The van der Waals surface area contributed by atoms with E-state index in [2.05, 4.69) is 44.6 Å². The van der Waals surface area contributed by atoms with Crippen LogP contribution in [0.25, 0.3) is 27.5 Å². The molecule has 5 rings (SSSR count). The van der Waals surface area contributed by atoms with Gasteiger partial charge in [-0.2, -0.15) is 5.10 Å². The fourth-order valence-corrected chi connectivity index (χ4v) is 4.37. The third-order valence-corrected chi connectivity index (χ3v) is 6.28. The molecule has 0 saturated heterocycles. The van der Waals surface area contributed by atoms with Gasteiger partial charge < -0.3 is 10.3 Å². The van der Waals surface area contributed by atoms with Crippen LogP contribution in [0.15, 0.2) is 88.9 Å². The maximum Gasteiger partial charge on any atom is 0.262 e. The summed E-state index contributed by atoms with van der Waals surface area (Å²) in [5.74, 6) is -0.00812. The van der Waals surface area contributed by atoms with Crippen LogP contribution in [0.2, 0.25) is 0 Å². The molecule has 0 aliphatic carbocycles. The maximum atomic E-state index is 12.6. The molecule has 2 heterocycles. The summed E-state index contributed by atoms with van der Waals surface area (Å²) in [6.45, 7) is 1.96. The van der Waals surface area contributed by atoms with E-state index in [-0.39, 0.29) is 23.3 Å². The van der Waals surface area contributed by atoms with Crippen molar-refractivity contribution in [1.29, 1.82) is 0 Å². The molecular weight excluding hydrogens is 434 g/mol. The fourth-order valence-electron chi connectivity index (χ4n) is 3.70. The summed E-state index contributed by atoms with van der Waals surface area (Å²) in [6.07, 6.45) is 1.50. The third-order valence-electron chi connectivity index (χ3n) is 5.41. The number of amides is 1. The van der Waals surface area contributed by atoms with Crippen molar-refractivity contribution in [2.75, 3.05) is 5.75 Å². The van der Waals surface area contributed by atoms with Gasteiger partial charge in [-0.3, -0.25) is 9.59 Å². The fraction of sp³-hybridized carbons (Fsp3) is 0.120. The summed E-state index contributed by atoms with van der Waals surface area (Å²) in [4.78, 5) is 32.4. The number of hydrogen-bond donors (Lipinski definition) is 2. The van der Waals surface area contributed by atoms with E-state index in [1.807, 2.05) is 55.5 Å². The summed E-state index contributed by atoms with van der Waals surface area (Å²) < 4.78 is 1.62. The van der Waals surface area contributed by atoms with Gasteiger partial charge in [-0.15, -0.1) is 0 Å². The van der Waals surface area contributed by atoms with E-state index in [4.69, 9.17) is 0 Å². The predicted octanol–water partition coefficient (Wildman–Crippen LogP) is 4.23. The van der Waals surface area contributed by atoms with Crippen molar-refractivity contribution in [2.24, 2.45) is 0 Å². The molecule has 0 saturated carbocycles. The highest BCUT2D eigenvalue weighted by molar-refractivity contribution is 7.99. The molecule has 0 aliphatic heterocycles. The Morgan fingerprint density at radius 1 is 1.06 bits per heavy atom. The minimum absolute atomic E-state index is 0.131. The first-order valence-corrected chi connectivity index (χ1v) is 11.5. The van der Waals surface area contributed by atoms with E-state index in [0.29, 0.717) is 16.2 Å². The lowest BCUT2D eigenvalue weighted by Gasteiger charge is -2.15. The number of benzene rings is 3. The van der Waals surface area contributed by atoms with Crippen LogP contribution in [0.3, 0.4) is 0 Å². The molecule has 2 N–H and O–H groups in total. The van der Waals surface area contributed by atoms with Crippen molar-refractivity contribution >= 4 is 39.5 Å². The van der Waals surface area contributed by atoms with E-state index in [1.165, 1.54) is 18.0 Å². The molecule has 164 valence electrons. The Bertz CT molecular complexity index is 1510. The third kappa shape index (κ3) is 4.38. The van der Waals surface area contributed by atoms with Gasteiger partial charge in [0, 0.05) is 0 Å². The molecule has 3 aromatic carbocycles. The molecular formula is C25H21N5O2S. The molecule has 0 aliphatic rings. The standard InChI is InChI=1S/C25H21N5O2S/c1-16(18-12-11-17-7-5-6-8-19(17)13-18)27-22(31)15-33-25-28-23-21(24(32)29-25)14-26-30(23)20-9-3-2-4-10-20/h2-14,16H,15H2,1H3,(H,27,31)(H,28,29,32)/t16-/m0/s1. The van der Waals surface area contributed by atoms with Crippen LogP contribution in [0.5, 0.6) is 0 Å². The number of carbonyl (C=O) groups excluding carboxylic acids is 1. The van der Waals surface area contributed by atoms with Gasteiger partial charge in [-0.25, -0.2) is 9.67 Å². The Morgan fingerprint density at radius 2 is 1.82 bits per heavy atom. The van der Waals surface area contributed by atoms with Crippen LogP contribution in [-0.4, -0.2) is 31.4 Å². The lowest BCUT2D eigenvalue weighted by molar-refractivity contribution is -0.119. The van der Waals surface area contributed by atoms with Gasteiger partial charge in [-0.05, 0) is 41.5 Å². The molecule has 0 spiro atoms. The highest BCUT2D eigenvalue weighted by atomic mass is 32.2. The highest BCUT2D eigenvalue weighted by Gasteiger charge is 2.14. The van der Waals surface area contributed by atoms with Gasteiger partial charge in [0.05, 0.1) is 23.7 Å². The molecule has 0 unspecified atom stereocenters. The average Bonchev–Trinajstić information content (AvgIpc) is 3.27. The minimum Gasteiger partial charge on any atom is -0.349 e. The van der Waals surface area contributed by atoms with Crippen LogP contribution >= 0.6 is 11.8 Å². The highest BCUT2D eigenvalue weighted by Crippen LogP contribution is 2.21. The number of H-pyrrole nitrogens is 1. The number of carbonyl (C=O) groups is 1. The molecule has 1 atom stereocenters. The van der Waals surface area contributed by atoms with Crippen molar-refractivity contribution in [3.05, 3.63) is 94.9 Å². The van der Waals surface area contributed by atoms with Crippen molar-refractivity contribution in [3.8, 4) is 5.69 Å².